The zero-order chi connectivity index (χ0) is 17.6. The molecule has 4 nitrogen and oxygen atoms in total. The van der Waals surface area contributed by atoms with E-state index in [1.165, 1.54) is 5.56 Å². The van der Waals surface area contributed by atoms with Crippen LogP contribution in [0.2, 0.25) is 0 Å². The van der Waals surface area contributed by atoms with Crippen LogP contribution in [0.25, 0.3) is 0 Å². The van der Waals surface area contributed by atoms with E-state index in [0.717, 1.165) is 11.3 Å². The molecule has 1 aliphatic carbocycles. The Morgan fingerprint density at radius 1 is 1.04 bits per heavy atom. The Labute approximate surface area is 151 Å². The van der Waals surface area contributed by atoms with Gasteiger partial charge in [-0.25, -0.2) is 0 Å². The van der Waals surface area contributed by atoms with Crippen molar-refractivity contribution in [3.63, 3.8) is 0 Å². The molecule has 0 aliphatic heterocycles. The molecule has 132 valence electrons. The summed E-state index contributed by atoms with van der Waals surface area (Å²) in [6.07, 6.45) is 3.26. The van der Waals surface area contributed by atoms with E-state index < -0.39 is 5.97 Å². The fourth-order valence-corrected chi connectivity index (χ4v) is 4.23. The highest BCUT2D eigenvalue weighted by molar-refractivity contribution is 7.10. The number of hydrogen-bond acceptors (Lipinski definition) is 3. The smallest absolute Gasteiger partial charge is 0.306 e. The van der Waals surface area contributed by atoms with Gasteiger partial charge in [-0.05, 0) is 49.1 Å². The third-order valence-corrected chi connectivity index (χ3v) is 5.92. The number of thiophene rings is 1. The van der Waals surface area contributed by atoms with Crippen molar-refractivity contribution in [1.29, 1.82) is 0 Å². The van der Waals surface area contributed by atoms with Crippen molar-refractivity contribution < 1.29 is 14.7 Å². The summed E-state index contributed by atoms with van der Waals surface area (Å²) < 4.78 is 0. The lowest BCUT2D eigenvalue weighted by Gasteiger charge is -2.27. The van der Waals surface area contributed by atoms with E-state index in [4.69, 9.17) is 5.11 Å². The van der Waals surface area contributed by atoms with Crippen molar-refractivity contribution in [2.24, 2.45) is 11.8 Å². The molecule has 0 saturated heterocycles. The lowest BCUT2D eigenvalue weighted by atomic mass is 9.81. The molecule has 0 spiro atoms. The van der Waals surface area contributed by atoms with Crippen LogP contribution in [-0.2, 0) is 16.0 Å². The number of hydrogen-bond donors (Lipinski definition) is 2. The number of carboxylic acid groups (broad SMARTS) is 1. The second-order valence-corrected chi connectivity index (χ2v) is 7.63. The van der Waals surface area contributed by atoms with Crippen LogP contribution in [0, 0.1) is 11.8 Å². The fourth-order valence-electron chi connectivity index (χ4n) is 3.45. The molecule has 2 aromatic rings. The summed E-state index contributed by atoms with van der Waals surface area (Å²) in [5, 5.41) is 14.3. The van der Waals surface area contributed by atoms with E-state index in [1.807, 2.05) is 29.6 Å². The number of rotatable bonds is 6. The first-order valence-corrected chi connectivity index (χ1v) is 9.62. The maximum absolute atomic E-state index is 12.7. The molecular weight excluding hydrogens is 334 g/mol. The van der Waals surface area contributed by atoms with E-state index >= 15 is 0 Å². The molecule has 1 atom stereocenters. The van der Waals surface area contributed by atoms with Gasteiger partial charge in [-0.1, -0.05) is 36.4 Å². The lowest BCUT2D eigenvalue weighted by molar-refractivity contribution is -0.144. The number of carbonyl (C=O) groups excluding carboxylic acids is 1. The Balaban J connectivity index is 1.64. The predicted molar refractivity (Wildman–Crippen MR) is 98.4 cm³/mol. The second-order valence-electron chi connectivity index (χ2n) is 6.65. The largest absolute Gasteiger partial charge is 0.481 e. The van der Waals surface area contributed by atoms with Gasteiger partial charge in [0.05, 0.1) is 12.0 Å². The Morgan fingerprint density at radius 2 is 1.72 bits per heavy atom. The minimum atomic E-state index is -0.737. The molecule has 3 rings (SSSR count). The average Bonchev–Trinajstić information content (AvgIpc) is 3.16. The van der Waals surface area contributed by atoms with E-state index in [9.17, 15) is 9.59 Å². The molecule has 0 radical (unpaired) electrons. The van der Waals surface area contributed by atoms with Crippen molar-refractivity contribution in [3.05, 3.63) is 58.3 Å². The number of amides is 1. The van der Waals surface area contributed by atoms with Gasteiger partial charge >= 0.3 is 5.97 Å². The third-order valence-electron chi connectivity index (χ3n) is 4.93. The van der Waals surface area contributed by atoms with Gasteiger partial charge in [-0.3, -0.25) is 9.59 Å². The molecule has 1 amide bonds. The number of carbonyl (C=O) groups is 2. The zero-order valence-electron chi connectivity index (χ0n) is 14.1. The quantitative estimate of drug-likeness (QED) is 0.820. The van der Waals surface area contributed by atoms with E-state index in [1.54, 1.807) is 11.3 Å². The highest BCUT2D eigenvalue weighted by Gasteiger charge is 2.30. The van der Waals surface area contributed by atoms with Crippen LogP contribution in [-0.4, -0.2) is 17.0 Å². The Hall–Kier alpha value is -2.14. The topological polar surface area (TPSA) is 66.4 Å². The molecule has 1 aromatic heterocycles. The predicted octanol–water partition coefficient (Wildman–Crippen LogP) is 4.04. The Bertz CT molecular complexity index is 691. The van der Waals surface area contributed by atoms with Crippen molar-refractivity contribution in [2.75, 3.05) is 0 Å². The summed E-state index contributed by atoms with van der Waals surface area (Å²) in [4.78, 5) is 24.9. The van der Waals surface area contributed by atoms with Crippen LogP contribution in [0.4, 0.5) is 0 Å². The van der Waals surface area contributed by atoms with Gasteiger partial charge in [0, 0.05) is 10.8 Å². The van der Waals surface area contributed by atoms with Gasteiger partial charge in [-0.2, -0.15) is 0 Å². The van der Waals surface area contributed by atoms with Crippen molar-refractivity contribution in [1.82, 2.24) is 5.32 Å². The highest BCUT2D eigenvalue weighted by atomic mass is 32.1. The van der Waals surface area contributed by atoms with Gasteiger partial charge in [0.1, 0.15) is 0 Å². The molecule has 25 heavy (non-hydrogen) atoms. The summed E-state index contributed by atoms with van der Waals surface area (Å²) >= 11 is 1.65. The van der Waals surface area contributed by atoms with Crippen LogP contribution in [0.5, 0.6) is 0 Å². The SMILES string of the molecule is O=C(O)C1CCC(C(=O)NC(Cc2ccccc2)c2cccs2)CC1. The first-order chi connectivity index (χ1) is 12.1. The number of carboxylic acids is 1. The minimum absolute atomic E-state index is 0.0351. The minimum Gasteiger partial charge on any atom is -0.481 e. The monoisotopic (exact) mass is 357 g/mol. The van der Waals surface area contributed by atoms with Gasteiger partial charge in [0.2, 0.25) is 5.91 Å². The maximum Gasteiger partial charge on any atom is 0.306 e. The molecule has 1 saturated carbocycles. The highest BCUT2D eigenvalue weighted by Crippen LogP contribution is 2.30. The third kappa shape index (κ3) is 4.69. The summed E-state index contributed by atoms with van der Waals surface area (Å²) in [6, 6.07) is 14.2. The molecule has 5 heteroatoms. The van der Waals surface area contributed by atoms with Crippen molar-refractivity contribution in [3.8, 4) is 0 Å². The van der Waals surface area contributed by atoms with Gasteiger partial charge in [0.25, 0.3) is 0 Å². The van der Waals surface area contributed by atoms with Crippen LogP contribution < -0.4 is 5.32 Å². The molecule has 1 fully saturated rings. The Kier molecular flexibility index (Phi) is 5.87. The fraction of sp³-hybridized carbons (Fsp3) is 0.400. The van der Waals surface area contributed by atoms with E-state index in [0.29, 0.717) is 25.7 Å². The standard InChI is InChI=1S/C20H23NO3S/c22-19(15-8-10-16(11-9-15)20(23)24)21-17(18-7-4-12-25-18)13-14-5-2-1-3-6-14/h1-7,12,15-17H,8-11,13H2,(H,21,22)(H,23,24). The molecule has 1 unspecified atom stereocenters. The van der Waals surface area contributed by atoms with E-state index in [2.05, 4.69) is 23.5 Å². The van der Waals surface area contributed by atoms with Crippen LogP contribution in [0.3, 0.4) is 0 Å². The summed E-state index contributed by atoms with van der Waals surface area (Å²) in [7, 11) is 0. The lowest BCUT2D eigenvalue weighted by Crippen LogP contribution is -2.37. The van der Waals surface area contributed by atoms with Crippen LogP contribution >= 0.6 is 11.3 Å². The molecule has 2 N–H and O–H groups in total. The molecular formula is C20H23NO3S. The Morgan fingerprint density at radius 3 is 2.32 bits per heavy atom. The zero-order valence-corrected chi connectivity index (χ0v) is 14.9. The maximum atomic E-state index is 12.7. The van der Waals surface area contributed by atoms with Crippen molar-refractivity contribution in [2.45, 2.75) is 38.1 Å². The van der Waals surface area contributed by atoms with Crippen LogP contribution in [0.15, 0.2) is 47.8 Å². The first kappa shape index (κ1) is 17.7. The van der Waals surface area contributed by atoms with Crippen LogP contribution in [0.1, 0.15) is 42.2 Å². The first-order valence-electron chi connectivity index (χ1n) is 8.74. The average molecular weight is 357 g/mol. The number of nitrogens with one attached hydrogen (secondary N) is 1. The summed E-state index contributed by atoms with van der Waals surface area (Å²) in [6.45, 7) is 0. The van der Waals surface area contributed by atoms with Gasteiger partial charge < -0.3 is 10.4 Å². The van der Waals surface area contributed by atoms with Gasteiger partial charge in [-0.15, -0.1) is 11.3 Å². The number of benzene rings is 1. The van der Waals surface area contributed by atoms with Gasteiger partial charge in [0.15, 0.2) is 0 Å². The van der Waals surface area contributed by atoms with Crippen molar-refractivity contribution >= 4 is 23.2 Å². The normalized spacial score (nSPS) is 21.4. The van der Waals surface area contributed by atoms with E-state index in [-0.39, 0.29) is 23.8 Å². The second kappa shape index (κ2) is 8.30. The molecule has 0 bridgehead atoms. The summed E-state index contributed by atoms with van der Waals surface area (Å²) in [5.74, 6) is -1.05. The summed E-state index contributed by atoms with van der Waals surface area (Å²) in [5.41, 5.74) is 1.19. The number of aliphatic carboxylic acids is 1. The molecule has 1 heterocycles. The molecule has 1 aliphatic rings. The molecule has 1 aromatic carbocycles.